The molecule has 0 bridgehead atoms. The van der Waals surface area contributed by atoms with Crippen molar-refractivity contribution in [3.8, 4) is 0 Å². The van der Waals surface area contributed by atoms with Crippen molar-refractivity contribution in [1.82, 2.24) is 5.32 Å². The first kappa shape index (κ1) is 15.5. The molecule has 0 saturated heterocycles. The molecule has 1 aromatic rings. The third-order valence-corrected chi connectivity index (χ3v) is 2.77. The molecule has 19 heavy (non-hydrogen) atoms. The van der Waals surface area contributed by atoms with Crippen molar-refractivity contribution in [3.63, 3.8) is 0 Å². The monoisotopic (exact) mass is 283 g/mol. The Morgan fingerprint density at radius 3 is 2.58 bits per heavy atom. The van der Waals surface area contributed by atoms with Gasteiger partial charge in [0, 0.05) is 6.04 Å². The number of ether oxygens (including phenoxy) is 1. The molecule has 1 rings (SSSR count). The third kappa shape index (κ3) is 6.25. The zero-order valence-electron chi connectivity index (χ0n) is 10.9. The maximum absolute atomic E-state index is 11.5. The fraction of sp³-hybridized carbons (Fsp3) is 0.429. The van der Waals surface area contributed by atoms with E-state index in [-0.39, 0.29) is 30.2 Å². The van der Waals surface area contributed by atoms with Gasteiger partial charge < -0.3 is 10.1 Å². The number of rotatable bonds is 7. The number of esters is 1. The van der Waals surface area contributed by atoms with Crippen LogP contribution in [0, 0.1) is 0 Å². The van der Waals surface area contributed by atoms with Crippen LogP contribution >= 0.6 is 11.6 Å². The maximum Gasteiger partial charge on any atom is 0.307 e. The predicted octanol–water partition coefficient (Wildman–Crippen LogP) is 1.91. The highest BCUT2D eigenvalue weighted by Crippen LogP contribution is 2.07. The van der Waals surface area contributed by atoms with Gasteiger partial charge in [-0.25, -0.2) is 0 Å². The summed E-state index contributed by atoms with van der Waals surface area (Å²) in [5, 5.41) is 2.73. The Morgan fingerprint density at radius 2 is 2.00 bits per heavy atom. The lowest BCUT2D eigenvalue weighted by atomic mass is 10.0. The van der Waals surface area contributed by atoms with E-state index < -0.39 is 0 Å². The normalized spacial score (nSPS) is 11.7. The van der Waals surface area contributed by atoms with Gasteiger partial charge in [0.2, 0.25) is 5.91 Å². The lowest BCUT2D eigenvalue weighted by Crippen LogP contribution is -2.39. The minimum atomic E-state index is -0.321. The molecule has 0 aliphatic heterocycles. The highest BCUT2D eigenvalue weighted by molar-refractivity contribution is 6.27. The number of hydrogen-bond acceptors (Lipinski definition) is 3. The number of carbonyl (C=O) groups is 2. The van der Waals surface area contributed by atoms with Crippen LogP contribution in [0.2, 0.25) is 0 Å². The zero-order chi connectivity index (χ0) is 14.1. The van der Waals surface area contributed by atoms with Gasteiger partial charge in [-0.05, 0) is 18.9 Å². The second kappa shape index (κ2) is 8.53. The van der Waals surface area contributed by atoms with Gasteiger partial charge in [0.05, 0.1) is 13.0 Å². The van der Waals surface area contributed by atoms with Crippen molar-refractivity contribution in [1.29, 1.82) is 0 Å². The van der Waals surface area contributed by atoms with Gasteiger partial charge in [0.1, 0.15) is 5.88 Å². The van der Waals surface area contributed by atoms with E-state index >= 15 is 0 Å². The molecule has 5 heteroatoms. The highest BCUT2D eigenvalue weighted by Gasteiger charge is 2.17. The Labute approximate surface area is 118 Å². The van der Waals surface area contributed by atoms with Gasteiger partial charge in [0.25, 0.3) is 0 Å². The van der Waals surface area contributed by atoms with Crippen LogP contribution in [-0.2, 0) is 20.7 Å². The Bertz CT molecular complexity index is 408. The fourth-order valence-electron chi connectivity index (χ4n) is 1.76. The molecule has 0 fully saturated rings. The van der Waals surface area contributed by atoms with Crippen LogP contribution in [0.3, 0.4) is 0 Å². The summed E-state index contributed by atoms with van der Waals surface area (Å²) in [6, 6.07) is 9.35. The van der Waals surface area contributed by atoms with E-state index in [9.17, 15) is 9.59 Å². The van der Waals surface area contributed by atoms with Gasteiger partial charge >= 0.3 is 5.97 Å². The molecule has 4 nitrogen and oxygen atoms in total. The van der Waals surface area contributed by atoms with E-state index in [2.05, 4.69) is 5.32 Å². The van der Waals surface area contributed by atoms with Crippen molar-refractivity contribution in [2.24, 2.45) is 0 Å². The second-order valence-corrected chi connectivity index (χ2v) is 4.36. The van der Waals surface area contributed by atoms with Crippen molar-refractivity contribution in [3.05, 3.63) is 35.9 Å². The number of carbonyl (C=O) groups excluding carboxylic acids is 2. The van der Waals surface area contributed by atoms with Crippen molar-refractivity contribution < 1.29 is 14.3 Å². The van der Waals surface area contributed by atoms with Crippen molar-refractivity contribution in [2.75, 3.05) is 12.5 Å². The second-order valence-electron chi connectivity index (χ2n) is 4.10. The average Bonchev–Trinajstić information content (AvgIpc) is 2.39. The van der Waals surface area contributed by atoms with Crippen molar-refractivity contribution >= 4 is 23.5 Å². The lowest BCUT2D eigenvalue weighted by Gasteiger charge is -2.17. The topological polar surface area (TPSA) is 55.4 Å². The molecular weight excluding hydrogens is 266 g/mol. The van der Waals surface area contributed by atoms with Gasteiger partial charge in [-0.15, -0.1) is 11.6 Å². The first-order valence-electron chi connectivity index (χ1n) is 6.20. The fourth-order valence-corrected chi connectivity index (χ4v) is 1.84. The molecular formula is C14H18ClNO3. The molecule has 0 saturated carbocycles. The molecule has 0 aromatic heterocycles. The van der Waals surface area contributed by atoms with E-state index in [0.29, 0.717) is 13.0 Å². The molecule has 1 amide bonds. The van der Waals surface area contributed by atoms with Crippen LogP contribution in [0.1, 0.15) is 18.9 Å². The van der Waals surface area contributed by atoms with Crippen molar-refractivity contribution in [2.45, 2.75) is 25.8 Å². The van der Waals surface area contributed by atoms with Crippen LogP contribution in [-0.4, -0.2) is 30.4 Å². The zero-order valence-corrected chi connectivity index (χ0v) is 11.7. The van der Waals surface area contributed by atoms with Crippen LogP contribution in [0.25, 0.3) is 0 Å². The van der Waals surface area contributed by atoms with E-state index in [4.69, 9.17) is 16.3 Å². The smallest absolute Gasteiger partial charge is 0.307 e. The van der Waals surface area contributed by atoms with Gasteiger partial charge in [-0.3, -0.25) is 9.59 Å². The molecule has 1 atom stereocenters. The molecule has 1 unspecified atom stereocenters. The summed E-state index contributed by atoms with van der Waals surface area (Å²) in [7, 11) is 0. The standard InChI is InChI=1S/C14H18ClNO3/c1-2-19-14(18)9-12(16-13(17)10-15)8-11-6-4-3-5-7-11/h3-7,12H,2,8-10H2,1H3,(H,16,17). The van der Waals surface area contributed by atoms with Gasteiger partial charge in [0.15, 0.2) is 0 Å². The van der Waals surface area contributed by atoms with Gasteiger partial charge in [-0.1, -0.05) is 30.3 Å². The predicted molar refractivity (Wildman–Crippen MR) is 74.0 cm³/mol. The minimum Gasteiger partial charge on any atom is -0.466 e. The summed E-state index contributed by atoms with van der Waals surface area (Å²) in [5.41, 5.74) is 1.05. The summed E-state index contributed by atoms with van der Waals surface area (Å²) in [6.07, 6.45) is 0.716. The molecule has 1 N–H and O–H groups in total. The maximum atomic E-state index is 11.5. The Hall–Kier alpha value is -1.55. The van der Waals surface area contributed by atoms with Crippen LogP contribution in [0.5, 0.6) is 0 Å². The molecule has 104 valence electrons. The van der Waals surface area contributed by atoms with E-state index in [0.717, 1.165) is 5.56 Å². The Kier molecular flexibility index (Phi) is 6.97. The summed E-state index contributed by atoms with van der Waals surface area (Å²) in [6.45, 7) is 2.09. The largest absolute Gasteiger partial charge is 0.466 e. The Morgan fingerprint density at radius 1 is 1.32 bits per heavy atom. The third-order valence-electron chi connectivity index (χ3n) is 2.53. The molecule has 0 radical (unpaired) electrons. The number of alkyl halides is 1. The minimum absolute atomic E-state index is 0.117. The summed E-state index contributed by atoms with van der Waals surface area (Å²) >= 11 is 5.47. The van der Waals surface area contributed by atoms with E-state index in [1.54, 1.807) is 6.92 Å². The summed E-state index contributed by atoms with van der Waals surface area (Å²) < 4.78 is 4.90. The summed E-state index contributed by atoms with van der Waals surface area (Å²) in [4.78, 5) is 22.9. The number of halogens is 1. The molecule has 0 aliphatic carbocycles. The molecule has 0 spiro atoms. The molecule has 1 aromatic carbocycles. The molecule has 0 heterocycles. The molecule has 0 aliphatic rings. The van der Waals surface area contributed by atoms with Gasteiger partial charge in [-0.2, -0.15) is 0 Å². The summed E-state index contributed by atoms with van der Waals surface area (Å²) in [5.74, 6) is -0.723. The number of amides is 1. The van der Waals surface area contributed by atoms with Crippen LogP contribution in [0.15, 0.2) is 30.3 Å². The number of benzene rings is 1. The highest BCUT2D eigenvalue weighted by atomic mass is 35.5. The van der Waals surface area contributed by atoms with E-state index in [1.807, 2.05) is 30.3 Å². The number of hydrogen-bond donors (Lipinski definition) is 1. The quantitative estimate of drug-likeness (QED) is 0.614. The Balaban J connectivity index is 2.63. The first-order chi connectivity index (χ1) is 9.15. The SMILES string of the molecule is CCOC(=O)CC(Cc1ccccc1)NC(=O)CCl. The van der Waals surface area contributed by atoms with Crippen LogP contribution < -0.4 is 5.32 Å². The first-order valence-corrected chi connectivity index (χ1v) is 6.74. The average molecular weight is 284 g/mol. The van der Waals surface area contributed by atoms with E-state index in [1.165, 1.54) is 0 Å². The van der Waals surface area contributed by atoms with Crippen LogP contribution in [0.4, 0.5) is 0 Å². The number of nitrogens with one attached hydrogen (secondary N) is 1. The lowest BCUT2D eigenvalue weighted by molar-refractivity contribution is -0.143.